The molecule has 0 radical (unpaired) electrons. The zero-order chi connectivity index (χ0) is 14.6. The molecule has 110 valence electrons. The minimum Gasteiger partial charge on any atom is -0.133 e. The summed E-state index contributed by atoms with van der Waals surface area (Å²) in [7, 11) is 0. The second kappa shape index (κ2) is 7.39. The quantitative estimate of drug-likeness (QED) is 0.510. The Morgan fingerprint density at radius 1 is 0.850 bits per heavy atom. The van der Waals surface area contributed by atoms with E-state index in [0.717, 1.165) is 17.9 Å². The maximum Gasteiger partial charge on any atom is 0.0601 e. The Labute approximate surface area is 139 Å². The van der Waals surface area contributed by atoms with E-state index in [4.69, 9.17) is 0 Å². The lowest BCUT2D eigenvalue weighted by Gasteiger charge is -2.25. The summed E-state index contributed by atoms with van der Waals surface area (Å²) in [4.78, 5) is 3.01. The minimum absolute atomic E-state index is 0.175. The van der Waals surface area contributed by atoms with E-state index in [-0.39, 0.29) is 5.41 Å². The SMILES string of the molecule is CCSc1ccc(C(C)(CC)c2ccc(SCC)s2)s1. The van der Waals surface area contributed by atoms with Crippen molar-refractivity contribution in [2.45, 2.75) is 47.9 Å². The Morgan fingerprint density at radius 3 is 1.65 bits per heavy atom. The summed E-state index contributed by atoms with van der Waals surface area (Å²) < 4.78 is 2.89. The molecule has 0 N–H and O–H groups in total. The first kappa shape index (κ1) is 16.5. The molecule has 0 spiro atoms. The maximum atomic E-state index is 2.39. The van der Waals surface area contributed by atoms with Gasteiger partial charge in [0.1, 0.15) is 0 Å². The third kappa shape index (κ3) is 3.46. The van der Waals surface area contributed by atoms with Gasteiger partial charge in [-0.15, -0.1) is 46.2 Å². The van der Waals surface area contributed by atoms with E-state index in [0.29, 0.717) is 0 Å². The number of hydrogen-bond acceptors (Lipinski definition) is 4. The Bertz CT molecular complexity index is 494. The standard InChI is InChI=1S/C16H22S4/c1-5-16(4,12-8-10-14(19-12)17-6-2)13-9-11-15(20-13)18-7-3/h8-11H,5-7H2,1-4H3. The van der Waals surface area contributed by atoms with Crippen LogP contribution in [0.4, 0.5) is 0 Å². The second-order valence-corrected chi connectivity index (χ2v) is 10.1. The van der Waals surface area contributed by atoms with Gasteiger partial charge in [0.2, 0.25) is 0 Å². The second-order valence-electron chi connectivity index (χ2n) is 4.79. The molecular weight excluding hydrogens is 320 g/mol. The fraction of sp³-hybridized carbons (Fsp3) is 0.500. The molecule has 0 saturated carbocycles. The molecule has 0 nitrogen and oxygen atoms in total. The average molecular weight is 343 g/mol. The van der Waals surface area contributed by atoms with Crippen LogP contribution in [0.1, 0.15) is 43.9 Å². The molecule has 0 atom stereocenters. The molecule has 2 rings (SSSR count). The van der Waals surface area contributed by atoms with Gasteiger partial charge >= 0.3 is 0 Å². The van der Waals surface area contributed by atoms with Crippen molar-refractivity contribution < 1.29 is 0 Å². The summed E-state index contributed by atoms with van der Waals surface area (Å²) in [5.74, 6) is 2.30. The fourth-order valence-electron chi connectivity index (χ4n) is 2.14. The van der Waals surface area contributed by atoms with E-state index < -0.39 is 0 Å². The van der Waals surface area contributed by atoms with Gasteiger partial charge in [0, 0.05) is 15.2 Å². The van der Waals surface area contributed by atoms with Crippen molar-refractivity contribution in [1.29, 1.82) is 0 Å². The molecule has 0 fully saturated rings. The molecule has 20 heavy (non-hydrogen) atoms. The van der Waals surface area contributed by atoms with Gasteiger partial charge in [-0.2, -0.15) is 0 Å². The van der Waals surface area contributed by atoms with Gasteiger partial charge in [-0.1, -0.05) is 20.8 Å². The van der Waals surface area contributed by atoms with Crippen LogP contribution in [0.2, 0.25) is 0 Å². The highest BCUT2D eigenvalue weighted by Crippen LogP contribution is 2.44. The molecule has 2 aromatic rings. The van der Waals surface area contributed by atoms with E-state index in [1.54, 1.807) is 0 Å². The van der Waals surface area contributed by atoms with E-state index in [1.165, 1.54) is 18.2 Å². The van der Waals surface area contributed by atoms with Crippen molar-refractivity contribution in [1.82, 2.24) is 0 Å². The van der Waals surface area contributed by atoms with Crippen molar-refractivity contribution in [3.8, 4) is 0 Å². The van der Waals surface area contributed by atoms with Crippen LogP contribution < -0.4 is 0 Å². The molecule has 4 heteroatoms. The highest BCUT2D eigenvalue weighted by molar-refractivity contribution is 8.01. The van der Waals surface area contributed by atoms with Gasteiger partial charge in [-0.3, -0.25) is 0 Å². The summed E-state index contributed by atoms with van der Waals surface area (Å²) in [5, 5.41) is 0. The van der Waals surface area contributed by atoms with Crippen molar-refractivity contribution >= 4 is 46.2 Å². The Hall–Kier alpha value is 0.1000. The first-order chi connectivity index (χ1) is 9.63. The third-order valence-corrected chi connectivity index (χ3v) is 8.44. The third-order valence-electron chi connectivity index (χ3n) is 3.53. The molecule has 0 aliphatic rings. The lowest BCUT2D eigenvalue weighted by Crippen LogP contribution is -2.19. The van der Waals surface area contributed by atoms with Crippen LogP contribution in [0.5, 0.6) is 0 Å². The summed E-state index contributed by atoms with van der Waals surface area (Å²) in [6.45, 7) is 9.14. The minimum atomic E-state index is 0.175. The average Bonchev–Trinajstić information content (AvgIpc) is 3.09. The Morgan fingerprint density at radius 2 is 1.30 bits per heavy atom. The summed E-state index contributed by atoms with van der Waals surface area (Å²) in [6.07, 6.45) is 1.15. The first-order valence-electron chi connectivity index (χ1n) is 7.10. The predicted molar refractivity (Wildman–Crippen MR) is 98.2 cm³/mol. The van der Waals surface area contributed by atoms with Gasteiger partial charge in [0.25, 0.3) is 0 Å². The van der Waals surface area contributed by atoms with Crippen molar-refractivity contribution in [2.24, 2.45) is 0 Å². The Kier molecular flexibility index (Phi) is 6.09. The van der Waals surface area contributed by atoms with E-state index in [9.17, 15) is 0 Å². The molecule has 2 heterocycles. The highest BCUT2D eigenvalue weighted by atomic mass is 32.2. The van der Waals surface area contributed by atoms with Gasteiger partial charge in [-0.05, 0) is 49.1 Å². The van der Waals surface area contributed by atoms with Crippen LogP contribution in [-0.4, -0.2) is 11.5 Å². The zero-order valence-corrected chi connectivity index (χ0v) is 15.8. The van der Waals surface area contributed by atoms with Crippen LogP contribution in [0.3, 0.4) is 0 Å². The summed E-state index contributed by atoms with van der Waals surface area (Å²) in [5.41, 5.74) is 0.175. The molecule has 0 aromatic carbocycles. The van der Waals surface area contributed by atoms with Crippen LogP contribution in [0.25, 0.3) is 0 Å². The van der Waals surface area contributed by atoms with Gasteiger partial charge in [0.05, 0.1) is 8.42 Å². The smallest absolute Gasteiger partial charge is 0.0601 e. The number of thioether (sulfide) groups is 2. The normalized spacial score (nSPS) is 12.0. The lowest BCUT2D eigenvalue weighted by molar-refractivity contribution is 0.573. The van der Waals surface area contributed by atoms with Crippen LogP contribution in [-0.2, 0) is 5.41 Å². The van der Waals surface area contributed by atoms with Gasteiger partial charge < -0.3 is 0 Å². The number of thiophene rings is 2. The first-order valence-corrected chi connectivity index (χ1v) is 10.7. The number of hydrogen-bond donors (Lipinski definition) is 0. The van der Waals surface area contributed by atoms with Crippen LogP contribution in [0, 0.1) is 0 Å². The topological polar surface area (TPSA) is 0 Å². The van der Waals surface area contributed by atoms with E-state index >= 15 is 0 Å². The largest absolute Gasteiger partial charge is 0.133 e. The summed E-state index contributed by atoms with van der Waals surface area (Å²) >= 11 is 7.84. The maximum absolute atomic E-state index is 2.39. The monoisotopic (exact) mass is 342 g/mol. The lowest BCUT2D eigenvalue weighted by atomic mass is 9.84. The molecule has 0 unspecified atom stereocenters. The highest BCUT2D eigenvalue weighted by Gasteiger charge is 2.30. The van der Waals surface area contributed by atoms with Crippen LogP contribution in [0.15, 0.2) is 32.7 Å². The molecule has 0 aliphatic heterocycles. The van der Waals surface area contributed by atoms with Gasteiger partial charge in [0.15, 0.2) is 0 Å². The molecule has 0 bridgehead atoms. The number of rotatable bonds is 7. The predicted octanol–water partition coefficient (Wildman–Crippen LogP) is 6.75. The van der Waals surface area contributed by atoms with Crippen molar-refractivity contribution in [2.75, 3.05) is 11.5 Å². The van der Waals surface area contributed by atoms with Gasteiger partial charge in [-0.25, -0.2) is 0 Å². The molecular formula is C16H22S4. The Balaban J connectivity index is 2.30. The fourth-order valence-corrected chi connectivity index (χ4v) is 6.76. The van der Waals surface area contributed by atoms with E-state index in [2.05, 4.69) is 52.0 Å². The molecule has 0 saturated heterocycles. The molecule has 2 aromatic heterocycles. The summed E-state index contributed by atoms with van der Waals surface area (Å²) in [6, 6.07) is 9.24. The van der Waals surface area contributed by atoms with Crippen molar-refractivity contribution in [3.63, 3.8) is 0 Å². The van der Waals surface area contributed by atoms with Crippen LogP contribution >= 0.6 is 46.2 Å². The van der Waals surface area contributed by atoms with E-state index in [1.807, 2.05) is 46.2 Å². The molecule has 0 aliphatic carbocycles. The van der Waals surface area contributed by atoms with Crippen molar-refractivity contribution in [3.05, 3.63) is 34.0 Å². The zero-order valence-electron chi connectivity index (χ0n) is 12.6. The molecule has 0 amide bonds.